The number of aromatic nitrogens is 1. The van der Waals surface area contributed by atoms with E-state index in [2.05, 4.69) is 5.32 Å². The molecule has 1 heterocycles. The molecule has 1 aromatic heterocycles. The van der Waals surface area contributed by atoms with Gasteiger partial charge in [0.25, 0.3) is 5.91 Å². The van der Waals surface area contributed by atoms with E-state index in [0.29, 0.717) is 11.9 Å². The molecule has 0 radical (unpaired) electrons. The Bertz CT molecular complexity index is 991. The molecule has 4 nitrogen and oxygen atoms in total. The van der Waals surface area contributed by atoms with Gasteiger partial charge in [-0.05, 0) is 43.7 Å². The van der Waals surface area contributed by atoms with Crippen molar-refractivity contribution < 1.29 is 9.18 Å². The number of pyridine rings is 1. The van der Waals surface area contributed by atoms with E-state index in [1.54, 1.807) is 24.4 Å². The van der Waals surface area contributed by atoms with Crippen LogP contribution in [-0.2, 0) is 13.1 Å². The van der Waals surface area contributed by atoms with Crippen LogP contribution in [0, 0.1) is 12.7 Å². The molecule has 5 heteroatoms. The lowest BCUT2D eigenvalue weighted by Crippen LogP contribution is -2.29. The van der Waals surface area contributed by atoms with Crippen molar-refractivity contribution in [3.8, 4) is 0 Å². The second-order valence-electron chi connectivity index (χ2n) is 5.99. The fourth-order valence-corrected chi connectivity index (χ4v) is 2.81. The number of nitrogens with one attached hydrogen (secondary N) is 1. The normalized spacial score (nSPS) is 10.8. The number of carbonyl (C=O) groups excluding carboxylic acids is 1. The summed E-state index contributed by atoms with van der Waals surface area (Å²) in [6.07, 6.45) is 1.60. The second kappa shape index (κ2) is 6.89. The predicted molar refractivity (Wildman–Crippen MR) is 96.2 cm³/mol. The Morgan fingerprint density at radius 3 is 2.56 bits per heavy atom. The summed E-state index contributed by atoms with van der Waals surface area (Å²) in [5, 5.41) is 3.27. The number of fused-ring (bicyclic) bond motifs is 1. The third kappa shape index (κ3) is 3.45. The van der Waals surface area contributed by atoms with Crippen LogP contribution in [0.4, 0.5) is 4.39 Å². The molecular formula is C20H19FN2O2. The van der Waals surface area contributed by atoms with Crippen LogP contribution in [0.15, 0.2) is 53.5 Å². The summed E-state index contributed by atoms with van der Waals surface area (Å²) >= 11 is 0. The average Bonchev–Trinajstić information content (AvgIpc) is 2.61. The molecule has 0 saturated heterocycles. The van der Waals surface area contributed by atoms with Crippen molar-refractivity contribution in [1.82, 2.24) is 9.88 Å². The monoisotopic (exact) mass is 338 g/mol. The Labute approximate surface area is 144 Å². The van der Waals surface area contributed by atoms with Crippen LogP contribution in [0.5, 0.6) is 0 Å². The van der Waals surface area contributed by atoms with Gasteiger partial charge in [-0.25, -0.2) is 4.39 Å². The van der Waals surface area contributed by atoms with Crippen LogP contribution >= 0.6 is 0 Å². The van der Waals surface area contributed by atoms with Gasteiger partial charge >= 0.3 is 0 Å². The molecule has 0 spiro atoms. The van der Waals surface area contributed by atoms with Gasteiger partial charge in [0.1, 0.15) is 11.4 Å². The average molecular weight is 338 g/mol. The van der Waals surface area contributed by atoms with E-state index < -0.39 is 5.91 Å². The standard InChI is InChI=1S/C20H19FN2O2/c1-3-23-12-17(19(24)16-10-13(2)4-9-18(16)23)20(25)22-11-14-5-7-15(21)8-6-14/h4-10,12H,3,11H2,1-2H3,(H,22,25). The number of rotatable bonds is 4. The fourth-order valence-electron chi connectivity index (χ4n) is 2.81. The number of hydrogen-bond acceptors (Lipinski definition) is 2. The molecule has 1 amide bonds. The van der Waals surface area contributed by atoms with Crippen molar-refractivity contribution in [2.24, 2.45) is 0 Å². The number of benzene rings is 2. The number of hydrogen-bond donors (Lipinski definition) is 1. The van der Waals surface area contributed by atoms with Crippen molar-refractivity contribution >= 4 is 16.8 Å². The zero-order valence-corrected chi connectivity index (χ0v) is 14.2. The van der Waals surface area contributed by atoms with E-state index in [4.69, 9.17) is 0 Å². The molecule has 0 unspecified atom stereocenters. The Balaban J connectivity index is 1.94. The SMILES string of the molecule is CCn1cc(C(=O)NCc2ccc(F)cc2)c(=O)c2cc(C)ccc21. The molecule has 0 atom stereocenters. The van der Waals surface area contributed by atoms with Gasteiger partial charge in [0.15, 0.2) is 0 Å². The quantitative estimate of drug-likeness (QED) is 0.793. The van der Waals surface area contributed by atoms with Crippen molar-refractivity contribution in [3.63, 3.8) is 0 Å². The largest absolute Gasteiger partial charge is 0.348 e. The maximum absolute atomic E-state index is 12.9. The number of amides is 1. The van der Waals surface area contributed by atoms with Crippen LogP contribution in [0.2, 0.25) is 0 Å². The minimum absolute atomic E-state index is 0.113. The Hall–Kier alpha value is -2.95. The van der Waals surface area contributed by atoms with Gasteiger partial charge in [0.05, 0.1) is 5.52 Å². The summed E-state index contributed by atoms with van der Waals surface area (Å²) in [5.74, 6) is -0.759. The third-order valence-corrected chi connectivity index (χ3v) is 4.19. The van der Waals surface area contributed by atoms with Crippen LogP contribution in [0.25, 0.3) is 10.9 Å². The summed E-state index contributed by atoms with van der Waals surface area (Å²) < 4.78 is 14.8. The van der Waals surface area contributed by atoms with Gasteiger partial charge in [-0.1, -0.05) is 23.8 Å². The first kappa shape index (κ1) is 16.9. The van der Waals surface area contributed by atoms with E-state index in [9.17, 15) is 14.0 Å². The van der Waals surface area contributed by atoms with Crippen LogP contribution in [-0.4, -0.2) is 10.5 Å². The second-order valence-corrected chi connectivity index (χ2v) is 5.99. The lowest BCUT2D eigenvalue weighted by Gasteiger charge is -2.12. The minimum Gasteiger partial charge on any atom is -0.348 e. The maximum Gasteiger partial charge on any atom is 0.257 e. The van der Waals surface area contributed by atoms with Gasteiger partial charge in [-0.3, -0.25) is 9.59 Å². The molecule has 25 heavy (non-hydrogen) atoms. The molecule has 0 fully saturated rings. The van der Waals surface area contributed by atoms with Crippen molar-refractivity contribution in [2.75, 3.05) is 0 Å². The van der Waals surface area contributed by atoms with Crippen molar-refractivity contribution in [2.45, 2.75) is 26.9 Å². The highest BCUT2D eigenvalue weighted by molar-refractivity contribution is 5.97. The summed E-state index contributed by atoms with van der Waals surface area (Å²) in [6.45, 7) is 4.76. The van der Waals surface area contributed by atoms with E-state index in [-0.39, 0.29) is 23.4 Å². The first-order chi connectivity index (χ1) is 12.0. The number of nitrogens with zero attached hydrogens (tertiary/aromatic N) is 1. The molecule has 1 N–H and O–H groups in total. The number of carbonyl (C=O) groups is 1. The first-order valence-corrected chi connectivity index (χ1v) is 8.16. The highest BCUT2D eigenvalue weighted by Gasteiger charge is 2.15. The topological polar surface area (TPSA) is 51.1 Å². The Kier molecular flexibility index (Phi) is 4.65. The summed E-state index contributed by atoms with van der Waals surface area (Å²) in [7, 11) is 0. The van der Waals surface area contributed by atoms with Gasteiger partial charge in [-0.15, -0.1) is 0 Å². The molecule has 3 rings (SSSR count). The molecule has 0 saturated carbocycles. The summed E-state index contributed by atoms with van der Waals surface area (Å²) in [4.78, 5) is 25.2. The van der Waals surface area contributed by atoms with Crippen LogP contribution in [0.3, 0.4) is 0 Å². The third-order valence-electron chi connectivity index (χ3n) is 4.19. The predicted octanol–water partition coefficient (Wildman–Crippen LogP) is 3.40. The zero-order chi connectivity index (χ0) is 18.0. The van der Waals surface area contributed by atoms with E-state index in [1.807, 2.05) is 30.5 Å². The number of aryl methyl sites for hydroxylation is 2. The molecule has 3 aromatic rings. The molecule has 0 aliphatic carbocycles. The smallest absolute Gasteiger partial charge is 0.257 e. The lowest BCUT2D eigenvalue weighted by atomic mass is 10.1. The summed E-state index contributed by atoms with van der Waals surface area (Å²) in [5.41, 5.74) is 2.38. The van der Waals surface area contributed by atoms with Crippen molar-refractivity contribution in [3.05, 3.63) is 81.4 Å². The molecule has 0 bridgehead atoms. The minimum atomic E-state index is -0.431. The molecule has 2 aromatic carbocycles. The molecule has 0 aliphatic rings. The van der Waals surface area contributed by atoms with E-state index >= 15 is 0 Å². The van der Waals surface area contributed by atoms with Crippen molar-refractivity contribution in [1.29, 1.82) is 0 Å². The van der Waals surface area contributed by atoms with Crippen LogP contribution < -0.4 is 10.7 Å². The zero-order valence-electron chi connectivity index (χ0n) is 14.2. The highest BCUT2D eigenvalue weighted by Crippen LogP contribution is 2.14. The molecular weight excluding hydrogens is 319 g/mol. The number of halogens is 1. The lowest BCUT2D eigenvalue weighted by molar-refractivity contribution is 0.0949. The molecule has 128 valence electrons. The Morgan fingerprint density at radius 2 is 1.88 bits per heavy atom. The van der Waals surface area contributed by atoms with Crippen LogP contribution in [0.1, 0.15) is 28.4 Å². The highest BCUT2D eigenvalue weighted by atomic mass is 19.1. The van der Waals surface area contributed by atoms with Gasteiger partial charge in [-0.2, -0.15) is 0 Å². The van der Waals surface area contributed by atoms with Gasteiger partial charge in [0, 0.05) is 24.7 Å². The Morgan fingerprint density at radius 1 is 1.16 bits per heavy atom. The fraction of sp³-hybridized carbons (Fsp3) is 0.200. The maximum atomic E-state index is 12.9. The van der Waals surface area contributed by atoms with Gasteiger partial charge in [0.2, 0.25) is 5.43 Å². The van der Waals surface area contributed by atoms with Gasteiger partial charge < -0.3 is 9.88 Å². The first-order valence-electron chi connectivity index (χ1n) is 8.16. The van der Waals surface area contributed by atoms with E-state index in [1.165, 1.54) is 12.1 Å². The molecule has 0 aliphatic heterocycles. The summed E-state index contributed by atoms with van der Waals surface area (Å²) in [6, 6.07) is 11.5. The van der Waals surface area contributed by atoms with E-state index in [0.717, 1.165) is 16.6 Å².